The third-order valence-corrected chi connectivity index (χ3v) is 4.47. The monoisotopic (exact) mass is 237 g/mol. The van der Waals surface area contributed by atoms with Gasteiger partial charge in [-0.1, -0.05) is 39.3 Å². The Morgan fingerprint density at radius 2 is 1.94 bits per heavy atom. The SMILES string of the molecule is CCC(C)(C)C(CC(C)(C)N)C1C=CCCC1. The van der Waals surface area contributed by atoms with Gasteiger partial charge in [-0.05, 0) is 56.8 Å². The molecule has 0 radical (unpaired) electrons. The molecule has 1 rings (SSSR count). The first kappa shape index (κ1) is 14.8. The molecular weight excluding hydrogens is 206 g/mol. The highest BCUT2D eigenvalue weighted by atomic mass is 14.7. The molecule has 1 aliphatic carbocycles. The summed E-state index contributed by atoms with van der Waals surface area (Å²) in [6, 6.07) is 0. The molecule has 0 aliphatic heterocycles. The van der Waals surface area contributed by atoms with Crippen LogP contribution in [0.2, 0.25) is 0 Å². The van der Waals surface area contributed by atoms with Crippen molar-refractivity contribution in [2.75, 3.05) is 0 Å². The van der Waals surface area contributed by atoms with Gasteiger partial charge in [-0.25, -0.2) is 0 Å². The van der Waals surface area contributed by atoms with Crippen molar-refractivity contribution in [3.8, 4) is 0 Å². The molecule has 1 aliphatic rings. The van der Waals surface area contributed by atoms with Gasteiger partial charge in [-0.15, -0.1) is 0 Å². The van der Waals surface area contributed by atoms with E-state index in [1.54, 1.807) is 0 Å². The predicted molar refractivity (Wildman–Crippen MR) is 76.9 cm³/mol. The fraction of sp³-hybridized carbons (Fsp3) is 0.875. The Kier molecular flexibility index (Phi) is 4.83. The Bertz CT molecular complexity index is 257. The van der Waals surface area contributed by atoms with Gasteiger partial charge in [0.2, 0.25) is 0 Å². The molecule has 100 valence electrons. The van der Waals surface area contributed by atoms with Crippen molar-refractivity contribution in [2.45, 2.75) is 72.3 Å². The van der Waals surface area contributed by atoms with Crippen LogP contribution in [0.1, 0.15) is 66.7 Å². The van der Waals surface area contributed by atoms with E-state index in [-0.39, 0.29) is 5.54 Å². The molecule has 0 aromatic rings. The zero-order valence-electron chi connectivity index (χ0n) is 12.4. The van der Waals surface area contributed by atoms with Crippen molar-refractivity contribution in [2.24, 2.45) is 23.0 Å². The van der Waals surface area contributed by atoms with Crippen molar-refractivity contribution in [3.05, 3.63) is 12.2 Å². The van der Waals surface area contributed by atoms with Gasteiger partial charge < -0.3 is 5.73 Å². The fourth-order valence-corrected chi connectivity index (χ4v) is 3.01. The number of allylic oxidation sites excluding steroid dienone is 2. The summed E-state index contributed by atoms with van der Waals surface area (Å²) in [5.41, 5.74) is 6.61. The van der Waals surface area contributed by atoms with E-state index < -0.39 is 0 Å². The average molecular weight is 237 g/mol. The second-order valence-corrected chi connectivity index (χ2v) is 7.16. The zero-order chi connectivity index (χ0) is 13.1. The van der Waals surface area contributed by atoms with Crippen LogP contribution in [0.25, 0.3) is 0 Å². The van der Waals surface area contributed by atoms with Gasteiger partial charge in [0.1, 0.15) is 0 Å². The summed E-state index contributed by atoms with van der Waals surface area (Å²) >= 11 is 0. The normalized spacial score (nSPS) is 23.8. The van der Waals surface area contributed by atoms with E-state index in [0.29, 0.717) is 11.3 Å². The molecule has 0 spiro atoms. The molecule has 2 atom stereocenters. The molecule has 0 fully saturated rings. The summed E-state index contributed by atoms with van der Waals surface area (Å²) in [5, 5.41) is 0. The van der Waals surface area contributed by atoms with Gasteiger partial charge >= 0.3 is 0 Å². The minimum absolute atomic E-state index is 0.0532. The summed E-state index contributed by atoms with van der Waals surface area (Å²) in [7, 11) is 0. The number of hydrogen-bond acceptors (Lipinski definition) is 1. The quantitative estimate of drug-likeness (QED) is 0.699. The number of hydrogen-bond donors (Lipinski definition) is 1. The lowest BCUT2D eigenvalue weighted by Crippen LogP contribution is -2.41. The molecule has 2 N–H and O–H groups in total. The minimum atomic E-state index is -0.0532. The number of rotatable bonds is 5. The van der Waals surface area contributed by atoms with Gasteiger partial charge in [-0.3, -0.25) is 0 Å². The Morgan fingerprint density at radius 3 is 2.35 bits per heavy atom. The summed E-state index contributed by atoms with van der Waals surface area (Å²) in [6.45, 7) is 11.5. The van der Waals surface area contributed by atoms with E-state index in [4.69, 9.17) is 5.73 Å². The molecule has 0 bridgehead atoms. The zero-order valence-corrected chi connectivity index (χ0v) is 12.4. The van der Waals surface area contributed by atoms with Gasteiger partial charge in [0, 0.05) is 5.54 Å². The first-order valence-electron chi connectivity index (χ1n) is 7.22. The Balaban J connectivity index is 2.85. The van der Waals surface area contributed by atoms with E-state index >= 15 is 0 Å². The van der Waals surface area contributed by atoms with E-state index in [2.05, 4.69) is 46.8 Å². The molecule has 0 heterocycles. The lowest BCUT2D eigenvalue weighted by atomic mass is 9.64. The molecule has 17 heavy (non-hydrogen) atoms. The molecule has 0 aromatic heterocycles. The van der Waals surface area contributed by atoms with Crippen molar-refractivity contribution in [3.63, 3.8) is 0 Å². The molecule has 0 amide bonds. The van der Waals surface area contributed by atoms with Crippen LogP contribution in [0.15, 0.2) is 12.2 Å². The molecule has 0 saturated heterocycles. The van der Waals surface area contributed by atoms with Crippen molar-refractivity contribution in [1.82, 2.24) is 0 Å². The number of nitrogens with two attached hydrogens (primary N) is 1. The highest BCUT2D eigenvalue weighted by Gasteiger charge is 2.36. The molecule has 1 heteroatoms. The molecule has 2 unspecified atom stereocenters. The fourth-order valence-electron chi connectivity index (χ4n) is 3.01. The summed E-state index contributed by atoms with van der Waals surface area (Å²) < 4.78 is 0. The van der Waals surface area contributed by atoms with E-state index in [0.717, 1.165) is 12.3 Å². The second-order valence-electron chi connectivity index (χ2n) is 7.16. The summed E-state index contributed by atoms with van der Waals surface area (Å²) in [6.07, 6.45) is 11.2. The molecular formula is C16H31N. The molecule has 1 nitrogen and oxygen atoms in total. The lowest BCUT2D eigenvalue weighted by molar-refractivity contribution is 0.113. The maximum absolute atomic E-state index is 6.27. The van der Waals surface area contributed by atoms with Gasteiger partial charge in [0.15, 0.2) is 0 Å². The largest absolute Gasteiger partial charge is 0.326 e. The second kappa shape index (κ2) is 5.56. The third kappa shape index (κ3) is 4.46. The van der Waals surface area contributed by atoms with Crippen molar-refractivity contribution >= 4 is 0 Å². The van der Waals surface area contributed by atoms with E-state index in [1.165, 1.54) is 25.7 Å². The van der Waals surface area contributed by atoms with Crippen LogP contribution in [0.4, 0.5) is 0 Å². The van der Waals surface area contributed by atoms with Gasteiger partial charge in [-0.2, -0.15) is 0 Å². The van der Waals surface area contributed by atoms with Crippen molar-refractivity contribution < 1.29 is 0 Å². The van der Waals surface area contributed by atoms with E-state index in [1.807, 2.05) is 0 Å². The first-order valence-corrected chi connectivity index (χ1v) is 7.22. The van der Waals surface area contributed by atoms with Gasteiger partial charge in [0.05, 0.1) is 0 Å². The Morgan fingerprint density at radius 1 is 1.29 bits per heavy atom. The molecule has 0 saturated carbocycles. The molecule has 0 aromatic carbocycles. The topological polar surface area (TPSA) is 26.0 Å². The van der Waals surface area contributed by atoms with Crippen LogP contribution >= 0.6 is 0 Å². The minimum Gasteiger partial charge on any atom is -0.326 e. The average Bonchev–Trinajstić information content (AvgIpc) is 2.26. The predicted octanol–water partition coefficient (Wildman–Crippen LogP) is 4.52. The first-order chi connectivity index (χ1) is 7.76. The van der Waals surface area contributed by atoms with Crippen molar-refractivity contribution in [1.29, 1.82) is 0 Å². The van der Waals surface area contributed by atoms with Crippen LogP contribution < -0.4 is 5.73 Å². The van der Waals surface area contributed by atoms with Crippen LogP contribution in [-0.2, 0) is 0 Å². The maximum Gasteiger partial charge on any atom is 0.0100 e. The smallest absolute Gasteiger partial charge is 0.0100 e. The lowest BCUT2D eigenvalue weighted by Gasteiger charge is -2.42. The summed E-state index contributed by atoms with van der Waals surface area (Å²) in [5.74, 6) is 1.45. The van der Waals surface area contributed by atoms with Crippen LogP contribution in [0.3, 0.4) is 0 Å². The highest BCUT2D eigenvalue weighted by Crippen LogP contribution is 2.43. The standard InChI is InChI=1S/C16H31N/c1-6-15(2,3)14(12-16(4,5)17)13-10-8-7-9-11-13/h8,10,13-14H,6-7,9,11-12,17H2,1-5H3. The van der Waals surface area contributed by atoms with Crippen LogP contribution in [0.5, 0.6) is 0 Å². The third-order valence-electron chi connectivity index (χ3n) is 4.47. The summed E-state index contributed by atoms with van der Waals surface area (Å²) in [4.78, 5) is 0. The van der Waals surface area contributed by atoms with Crippen LogP contribution in [-0.4, -0.2) is 5.54 Å². The van der Waals surface area contributed by atoms with Crippen LogP contribution in [0, 0.1) is 17.3 Å². The Hall–Kier alpha value is -0.300. The highest BCUT2D eigenvalue weighted by molar-refractivity contribution is 5.00. The van der Waals surface area contributed by atoms with Gasteiger partial charge in [0.25, 0.3) is 0 Å². The maximum atomic E-state index is 6.27. The Labute approximate surface area is 108 Å². The van der Waals surface area contributed by atoms with E-state index in [9.17, 15) is 0 Å².